The minimum Gasteiger partial charge on any atom is -0.396 e. The molecule has 0 aliphatic carbocycles. The van der Waals surface area contributed by atoms with Crippen molar-refractivity contribution in [2.24, 2.45) is 5.41 Å². The first kappa shape index (κ1) is 12.3. The van der Waals surface area contributed by atoms with E-state index in [-0.39, 0.29) is 12.0 Å². The molecule has 1 aromatic rings. The monoisotopic (exact) mass is 220 g/mol. The van der Waals surface area contributed by atoms with Gasteiger partial charge in [0.25, 0.3) is 0 Å². The SMILES string of the molecule is CC(C)(CO)CNc1nccc(C#N)c1N. The summed E-state index contributed by atoms with van der Waals surface area (Å²) in [5, 5.41) is 20.9. The molecule has 0 aliphatic rings. The van der Waals surface area contributed by atoms with Crippen LogP contribution in [0.2, 0.25) is 0 Å². The zero-order chi connectivity index (χ0) is 12.2. The Labute approximate surface area is 94.9 Å². The van der Waals surface area contributed by atoms with E-state index < -0.39 is 0 Å². The van der Waals surface area contributed by atoms with Crippen molar-refractivity contribution in [1.82, 2.24) is 4.98 Å². The fraction of sp³-hybridized carbons (Fsp3) is 0.455. The summed E-state index contributed by atoms with van der Waals surface area (Å²) < 4.78 is 0. The van der Waals surface area contributed by atoms with Crippen LogP contribution in [0.3, 0.4) is 0 Å². The fourth-order valence-corrected chi connectivity index (χ4v) is 1.09. The van der Waals surface area contributed by atoms with E-state index in [2.05, 4.69) is 10.3 Å². The third-order valence-corrected chi connectivity index (χ3v) is 2.27. The third kappa shape index (κ3) is 2.84. The molecule has 4 N–H and O–H groups in total. The Hall–Kier alpha value is -1.80. The van der Waals surface area contributed by atoms with Crippen LogP contribution < -0.4 is 11.1 Å². The number of aliphatic hydroxyl groups excluding tert-OH is 1. The molecule has 0 saturated heterocycles. The number of aliphatic hydroxyl groups is 1. The Kier molecular flexibility index (Phi) is 3.69. The molecule has 0 atom stereocenters. The first-order chi connectivity index (χ1) is 7.50. The van der Waals surface area contributed by atoms with Crippen molar-refractivity contribution in [3.63, 3.8) is 0 Å². The first-order valence-corrected chi connectivity index (χ1v) is 4.99. The van der Waals surface area contributed by atoms with Gasteiger partial charge in [0, 0.05) is 24.8 Å². The molecule has 0 fully saturated rings. The molecule has 0 unspecified atom stereocenters. The van der Waals surface area contributed by atoms with E-state index in [1.807, 2.05) is 19.9 Å². The summed E-state index contributed by atoms with van der Waals surface area (Å²) in [7, 11) is 0. The van der Waals surface area contributed by atoms with Gasteiger partial charge >= 0.3 is 0 Å². The second-order valence-electron chi connectivity index (χ2n) is 4.41. The molecule has 0 saturated carbocycles. The van der Waals surface area contributed by atoms with Gasteiger partial charge < -0.3 is 16.2 Å². The summed E-state index contributed by atoms with van der Waals surface area (Å²) in [6.45, 7) is 4.45. The van der Waals surface area contributed by atoms with Gasteiger partial charge in [-0.25, -0.2) is 4.98 Å². The standard InChI is InChI=1S/C11H16N4O/c1-11(2,7-16)6-15-10-9(13)8(5-12)3-4-14-10/h3-4,16H,6-7,13H2,1-2H3,(H,14,15). The van der Waals surface area contributed by atoms with Gasteiger partial charge in [0.05, 0.1) is 11.3 Å². The van der Waals surface area contributed by atoms with Gasteiger partial charge in [-0.3, -0.25) is 0 Å². The van der Waals surface area contributed by atoms with Gasteiger partial charge in [0.15, 0.2) is 5.82 Å². The molecule has 1 rings (SSSR count). The number of pyridine rings is 1. The van der Waals surface area contributed by atoms with Crippen LogP contribution in [-0.2, 0) is 0 Å². The lowest BCUT2D eigenvalue weighted by atomic mass is 9.95. The maximum atomic E-state index is 9.10. The van der Waals surface area contributed by atoms with Crippen molar-refractivity contribution in [2.45, 2.75) is 13.8 Å². The first-order valence-electron chi connectivity index (χ1n) is 4.99. The molecule has 16 heavy (non-hydrogen) atoms. The number of rotatable bonds is 4. The fourth-order valence-electron chi connectivity index (χ4n) is 1.09. The topological polar surface area (TPSA) is 95.0 Å². The quantitative estimate of drug-likeness (QED) is 0.702. The Balaban J connectivity index is 2.80. The van der Waals surface area contributed by atoms with Crippen LogP contribution in [-0.4, -0.2) is 23.2 Å². The van der Waals surface area contributed by atoms with E-state index in [0.717, 1.165) is 0 Å². The zero-order valence-corrected chi connectivity index (χ0v) is 9.49. The molecule has 0 aromatic carbocycles. The van der Waals surface area contributed by atoms with E-state index in [4.69, 9.17) is 16.1 Å². The van der Waals surface area contributed by atoms with Crippen molar-refractivity contribution < 1.29 is 5.11 Å². The van der Waals surface area contributed by atoms with Crippen molar-refractivity contribution in [1.29, 1.82) is 5.26 Å². The molecular weight excluding hydrogens is 204 g/mol. The van der Waals surface area contributed by atoms with Crippen molar-refractivity contribution in [2.75, 3.05) is 24.2 Å². The largest absolute Gasteiger partial charge is 0.396 e. The molecule has 0 radical (unpaired) electrons. The van der Waals surface area contributed by atoms with Crippen LogP contribution in [0.1, 0.15) is 19.4 Å². The smallest absolute Gasteiger partial charge is 0.150 e. The molecular formula is C11H16N4O. The summed E-state index contributed by atoms with van der Waals surface area (Å²) in [6, 6.07) is 3.56. The van der Waals surface area contributed by atoms with E-state index >= 15 is 0 Å². The minimum absolute atomic E-state index is 0.0673. The van der Waals surface area contributed by atoms with Crippen molar-refractivity contribution in [3.8, 4) is 6.07 Å². The second kappa shape index (κ2) is 4.81. The number of hydrogen-bond donors (Lipinski definition) is 3. The van der Waals surface area contributed by atoms with Crippen LogP contribution in [0.4, 0.5) is 11.5 Å². The summed E-state index contributed by atoms with van der Waals surface area (Å²) in [5.74, 6) is 0.487. The lowest BCUT2D eigenvalue weighted by Crippen LogP contribution is -2.27. The highest BCUT2D eigenvalue weighted by Crippen LogP contribution is 2.21. The summed E-state index contributed by atoms with van der Waals surface area (Å²) in [5.41, 5.74) is 6.25. The van der Waals surface area contributed by atoms with Gasteiger partial charge in [0.2, 0.25) is 0 Å². The number of anilines is 2. The van der Waals surface area contributed by atoms with Crippen LogP contribution in [0.25, 0.3) is 0 Å². The van der Waals surface area contributed by atoms with Gasteiger partial charge in [-0.15, -0.1) is 0 Å². The van der Waals surface area contributed by atoms with E-state index in [1.54, 1.807) is 6.07 Å². The molecule has 5 nitrogen and oxygen atoms in total. The van der Waals surface area contributed by atoms with E-state index in [9.17, 15) is 0 Å². The van der Waals surface area contributed by atoms with Gasteiger partial charge in [-0.1, -0.05) is 13.8 Å². The number of nitrogens with zero attached hydrogens (tertiary/aromatic N) is 2. The Morgan fingerprint density at radius 1 is 1.62 bits per heavy atom. The van der Waals surface area contributed by atoms with Crippen molar-refractivity contribution in [3.05, 3.63) is 17.8 Å². The molecule has 0 spiro atoms. The number of nitriles is 1. The lowest BCUT2D eigenvalue weighted by Gasteiger charge is -2.22. The van der Waals surface area contributed by atoms with Gasteiger partial charge in [0.1, 0.15) is 6.07 Å². The molecule has 0 amide bonds. The predicted molar refractivity (Wildman–Crippen MR) is 62.7 cm³/mol. The van der Waals surface area contributed by atoms with Crippen LogP contribution in [0.15, 0.2) is 12.3 Å². The highest BCUT2D eigenvalue weighted by molar-refractivity contribution is 5.68. The normalized spacial score (nSPS) is 10.9. The molecule has 86 valence electrons. The minimum atomic E-state index is -0.253. The Morgan fingerprint density at radius 3 is 2.88 bits per heavy atom. The number of nitrogens with one attached hydrogen (secondary N) is 1. The third-order valence-electron chi connectivity index (χ3n) is 2.27. The van der Waals surface area contributed by atoms with Crippen LogP contribution >= 0.6 is 0 Å². The number of nitrogen functional groups attached to an aromatic ring is 1. The Bertz CT molecular complexity index is 409. The average molecular weight is 220 g/mol. The molecule has 1 heterocycles. The van der Waals surface area contributed by atoms with Gasteiger partial charge in [-0.2, -0.15) is 5.26 Å². The Morgan fingerprint density at radius 2 is 2.31 bits per heavy atom. The van der Waals surface area contributed by atoms with Gasteiger partial charge in [-0.05, 0) is 6.07 Å². The second-order valence-corrected chi connectivity index (χ2v) is 4.41. The number of aromatic nitrogens is 1. The van der Waals surface area contributed by atoms with E-state index in [1.165, 1.54) is 6.20 Å². The summed E-state index contributed by atoms with van der Waals surface area (Å²) in [6.07, 6.45) is 1.53. The number of nitrogens with two attached hydrogens (primary N) is 1. The molecule has 1 aromatic heterocycles. The van der Waals surface area contributed by atoms with Crippen LogP contribution in [0.5, 0.6) is 0 Å². The van der Waals surface area contributed by atoms with Crippen molar-refractivity contribution >= 4 is 11.5 Å². The maximum absolute atomic E-state index is 9.10. The maximum Gasteiger partial charge on any atom is 0.150 e. The van der Waals surface area contributed by atoms with Crippen LogP contribution in [0, 0.1) is 16.7 Å². The zero-order valence-electron chi connectivity index (χ0n) is 9.49. The highest BCUT2D eigenvalue weighted by Gasteiger charge is 2.17. The van der Waals surface area contributed by atoms with E-state index in [0.29, 0.717) is 23.6 Å². The number of hydrogen-bond acceptors (Lipinski definition) is 5. The molecule has 0 bridgehead atoms. The highest BCUT2D eigenvalue weighted by atomic mass is 16.3. The lowest BCUT2D eigenvalue weighted by molar-refractivity contribution is 0.171. The summed E-state index contributed by atoms with van der Waals surface area (Å²) in [4.78, 5) is 4.06. The predicted octanol–water partition coefficient (Wildman–Crippen LogP) is 0.966. The molecule has 0 aliphatic heterocycles. The summed E-state index contributed by atoms with van der Waals surface area (Å²) >= 11 is 0. The average Bonchev–Trinajstić information content (AvgIpc) is 2.28. The molecule has 5 heteroatoms.